The second-order valence-electron chi connectivity index (χ2n) is 6.68. The number of anilines is 1. The Morgan fingerprint density at radius 2 is 2.11 bits per heavy atom. The van der Waals surface area contributed by atoms with Crippen molar-refractivity contribution in [1.29, 1.82) is 0 Å². The first-order valence-electron chi connectivity index (χ1n) is 9.09. The van der Waals surface area contributed by atoms with Crippen molar-refractivity contribution >= 4 is 11.6 Å². The van der Waals surface area contributed by atoms with E-state index < -0.39 is 0 Å². The molecule has 1 aliphatic rings. The summed E-state index contributed by atoms with van der Waals surface area (Å²) in [6, 6.07) is 13.4. The molecule has 0 bridgehead atoms. The van der Waals surface area contributed by atoms with Crippen molar-refractivity contribution in [2.75, 3.05) is 18.4 Å². The maximum Gasteiger partial charge on any atom is 0.241 e. The minimum Gasteiger partial charge on any atom is -0.338 e. The van der Waals surface area contributed by atoms with Crippen molar-refractivity contribution in [2.45, 2.75) is 19.4 Å². The van der Waals surface area contributed by atoms with Crippen LogP contribution in [0.2, 0.25) is 0 Å². The van der Waals surface area contributed by atoms with Gasteiger partial charge in [0.05, 0.1) is 24.3 Å². The topological polar surface area (TPSA) is 84.2 Å². The zero-order chi connectivity index (χ0) is 18.5. The molecule has 27 heavy (non-hydrogen) atoms. The summed E-state index contributed by atoms with van der Waals surface area (Å²) < 4.78 is 5.40. The van der Waals surface area contributed by atoms with E-state index in [-0.39, 0.29) is 11.8 Å². The Morgan fingerprint density at radius 1 is 1.22 bits per heavy atom. The van der Waals surface area contributed by atoms with Gasteiger partial charge in [-0.1, -0.05) is 35.5 Å². The molecule has 1 N–H and O–H groups in total. The predicted octanol–water partition coefficient (Wildman–Crippen LogP) is 2.98. The minimum atomic E-state index is -0.0597. The molecule has 1 amide bonds. The molecule has 3 aromatic rings. The fourth-order valence-electron chi connectivity index (χ4n) is 3.31. The molecular weight excluding hydrogens is 342 g/mol. The van der Waals surface area contributed by atoms with E-state index >= 15 is 0 Å². The summed E-state index contributed by atoms with van der Waals surface area (Å²) in [7, 11) is 0. The lowest BCUT2D eigenvalue weighted by molar-refractivity contribution is -0.121. The van der Waals surface area contributed by atoms with Crippen LogP contribution in [-0.2, 0) is 11.3 Å². The van der Waals surface area contributed by atoms with Gasteiger partial charge in [-0.3, -0.25) is 14.7 Å². The van der Waals surface area contributed by atoms with Crippen LogP contribution in [-0.4, -0.2) is 39.0 Å². The van der Waals surface area contributed by atoms with Gasteiger partial charge in [0.1, 0.15) is 0 Å². The fourth-order valence-corrected chi connectivity index (χ4v) is 3.31. The van der Waals surface area contributed by atoms with E-state index in [2.05, 4.69) is 25.3 Å². The van der Waals surface area contributed by atoms with Crippen LogP contribution in [0.5, 0.6) is 0 Å². The minimum absolute atomic E-state index is 0.0307. The molecule has 1 aromatic carbocycles. The molecule has 0 radical (unpaired) electrons. The first kappa shape index (κ1) is 17.4. The number of aromatic nitrogens is 3. The molecule has 1 aliphatic heterocycles. The molecule has 2 aromatic heterocycles. The number of hydrogen-bond acceptors (Lipinski definition) is 6. The van der Waals surface area contributed by atoms with Gasteiger partial charge < -0.3 is 9.84 Å². The Balaban J connectivity index is 1.36. The quantitative estimate of drug-likeness (QED) is 0.750. The molecule has 1 saturated heterocycles. The van der Waals surface area contributed by atoms with Gasteiger partial charge in [0.2, 0.25) is 17.6 Å². The average molecular weight is 363 g/mol. The maximum atomic E-state index is 12.5. The zero-order valence-electron chi connectivity index (χ0n) is 14.9. The van der Waals surface area contributed by atoms with Crippen molar-refractivity contribution in [2.24, 2.45) is 5.92 Å². The van der Waals surface area contributed by atoms with Crippen molar-refractivity contribution in [3.63, 3.8) is 0 Å². The number of likely N-dealkylation sites (tertiary alicyclic amines) is 1. The number of piperidine rings is 1. The lowest BCUT2D eigenvalue weighted by atomic mass is 9.97. The van der Waals surface area contributed by atoms with E-state index in [0.29, 0.717) is 24.8 Å². The summed E-state index contributed by atoms with van der Waals surface area (Å²) >= 11 is 0. The number of carbonyl (C=O) groups is 1. The van der Waals surface area contributed by atoms with Gasteiger partial charge in [-0.25, -0.2) is 0 Å². The molecule has 0 spiro atoms. The Hall–Kier alpha value is -3.06. The van der Waals surface area contributed by atoms with Crippen LogP contribution in [0.4, 0.5) is 5.69 Å². The van der Waals surface area contributed by atoms with Crippen LogP contribution >= 0.6 is 0 Å². The van der Waals surface area contributed by atoms with Crippen molar-refractivity contribution in [1.82, 2.24) is 20.0 Å². The highest BCUT2D eigenvalue weighted by Crippen LogP contribution is 2.21. The molecule has 4 rings (SSSR count). The van der Waals surface area contributed by atoms with Crippen LogP contribution < -0.4 is 5.32 Å². The first-order chi connectivity index (χ1) is 13.3. The summed E-state index contributed by atoms with van der Waals surface area (Å²) in [6.07, 6.45) is 5.18. The van der Waals surface area contributed by atoms with Crippen LogP contribution in [0.25, 0.3) is 11.4 Å². The third-order valence-electron chi connectivity index (χ3n) is 4.66. The van der Waals surface area contributed by atoms with Gasteiger partial charge >= 0.3 is 0 Å². The maximum absolute atomic E-state index is 12.5. The van der Waals surface area contributed by atoms with Gasteiger partial charge in [-0.15, -0.1) is 0 Å². The van der Waals surface area contributed by atoms with E-state index in [1.165, 1.54) is 0 Å². The molecule has 7 heteroatoms. The third kappa shape index (κ3) is 4.38. The van der Waals surface area contributed by atoms with E-state index in [4.69, 9.17) is 4.52 Å². The number of pyridine rings is 1. The Labute approximate surface area is 157 Å². The average Bonchev–Trinajstić information content (AvgIpc) is 3.18. The number of amides is 1. The molecule has 0 saturated carbocycles. The van der Waals surface area contributed by atoms with Gasteiger partial charge in [0.15, 0.2) is 0 Å². The van der Waals surface area contributed by atoms with Gasteiger partial charge in [0, 0.05) is 18.3 Å². The molecule has 1 atom stereocenters. The molecule has 1 fully saturated rings. The van der Waals surface area contributed by atoms with E-state index in [1.54, 1.807) is 12.4 Å². The van der Waals surface area contributed by atoms with Crippen molar-refractivity contribution in [3.8, 4) is 11.4 Å². The highest BCUT2D eigenvalue weighted by Gasteiger charge is 2.27. The standard InChI is InChI=1S/C20H21N5O2/c26-20(22-17-9-4-10-21-12-17)16-8-5-11-25(13-16)14-18-23-19(24-27-18)15-6-2-1-3-7-15/h1-4,6-7,9-10,12,16H,5,8,11,13-14H2,(H,22,26). The Kier molecular flexibility index (Phi) is 5.20. The normalized spacial score (nSPS) is 17.6. The predicted molar refractivity (Wildman–Crippen MR) is 101 cm³/mol. The number of hydrogen-bond donors (Lipinski definition) is 1. The Bertz CT molecular complexity index is 882. The highest BCUT2D eigenvalue weighted by molar-refractivity contribution is 5.92. The van der Waals surface area contributed by atoms with Gasteiger partial charge in [-0.2, -0.15) is 4.98 Å². The van der Waals surface area contributed by atoms with E-state index in [9.17, 15) is 4.79 Å². The van der Waals surface area contributed by atoms with Crippen LogP contribution in [0, 0.1) is 5.92 Å². The second-order valence-corrected chi connectivity index (χ2v) is 6.68. The number of nitrogens with one attached hydrogen (secondary N) is 1. The van der Waals surface area contributed by atoms with Gasteiger partial charge in [-0.05, 0) is 31.5 Å². The zero-order valence-corrected chi connectivity index (χ0v) is 14.9. The summed E-state index contributed by atoms with van der Waals surface area (Å²) in [5.74, 6) is 1.13. The largest absolute Gasteiger partial charge is 0.338 e. The summed E-state index contributed by atoms with van der Waals surface area (Å²) in [6.45, 7) is 2.14. The number of nitrogens with zero attached hydrogens (tertiary/aromatic N) is 4. The SMILES string of the molecule is O=C(Nc1cccnc1)C1CCCN(Cc2nc(-c3ccccc3)no2)C1. The number of benzene rings is 1. The Morgan fingerprint density at radius 3 is 2.93 bits per heavy atom. The van der Waals surface area contributed by atoms with E-state index in [0.717, 1.165) is 30.6 Å². The van der Waals surface area contributed by atoms with Crippen molar-refractivity contribution in [3.05, 3.63) is 60.7 Å². The molecule has 1 unspecified atom stereocenters. The van der Waals surface area contributed by atoms with Crippen LogP contribution in [0.1, 0.15) is 18.7 Å². The van der Waals surface area contributed by atoms with Crippen LogP contribution in [0.3, 0.4) is 0 Å². The number of rotatable bonds is 5. The third-order valence-corrected chi connectivity index (χ3v) is 4.66. The number of carbonyl (C=O) groups excluding carboxylic acids is 1. The highest BCUT2D eigenvalue weighted by atomic mass is 16.5. The lowest BCUT2D eigenvalue weighted by Gasteiger charge is -2.30. The molecule has 3 heterocycles. The summed E-state index contributed by atoms with van der Waals surface area (Å²) in [5, 5.41) is 7.01. The van der Waals surface area contributed by atoms with Crippen LogP contribution in [0.15, 0.2) is 59.4 Å². The fraction of sp³-hybridized carbons (Fsp3) is 0.300. The molecule has 0 aliphatic carbocycles. The van der Waals surface area contributed by atoms with Crippen molar-refractivity contribution < 1.29 is 9.32 Å². The molecule has 7 nitrogen and oxygen atoms in total. The molecular formula is C20H21N5O2. The molecule has 138 valence electrons. The van der Waals surface area contributed by atoms with Gasteiger partial charge in [0.25, 0.3) is 0 Å². The summed E-state index contributed by atoms with van der Waals surface area (Å²) in [4.78, 5) is 23.2. The monoisotopic (exact) mass is 363 g/mol. The lowest BCUT2D eigenvalue weighted by Crippen LogP contribution is -2.40. The second kappa shape index (κ2) is 8.09. The summed E-state index contributed by atoms with van der Waals surface area (Å²) in [5.41, 5.74) is 1.66. The smallest absolute Gasteiger partial charge is 0.241 e. The van der Waals surface area contributed by atoms with E-state index in [1.807, 2.05) is 42.5 Å². The first-order valence-corrected chi connectivity index (χ1v) is 9.09.